The summed E-state index contributed by atoms with van der Waals surface area (Å²) >= 11 is 0. The standard InChI is InChI=1S/C4H5NO2.C3H3NO2.Ac/c1-2-5(3-6)4-7;1-4(2-5)3-6;/h2H2,1H3;1H3;/q2*-2;. The third-order valence-electron chi connectivity index (χ3n) is 0.810. The summed E-state index contributed by atoms with van der Waals surface area (Å²) in [6, 6.07) is 0. The quantitative estimate of drug-likeness (QED) is 0.408. The average Bonchev–Trinajstić information content (AvgIpc) is 2.20. The normalized spacial score (nSPS) is 6.71. The van der Waals surface area contributed by atoms with Gasteiger partial charge in [-0.05, 0) is 13.6 Å². The van der Waals surface area contributed by atoms with Crippen molar-refractivity contribution in [3.63, 3.8) is 0 Å². The van der Waals surface area contributed by atoms with Crippen LogP contribution in [0.15, 0.2) is 0 Å². The molecule has 0 fully saturated rings. The van der Waals surface area contributed by atoms with Crippen molar-refractivity contribution < 1.29 is 63.2 Å². The van der Waals surface area contributed by atoms with Crippen LogP contribution in [-0.2, 0) is 19.2 Å². The molecule has 6 nitrogen and oxygen atoms in total. The Balaban J connectivity index is -0.000000163. The van der Waals surface area contributed by atoms with E-state index in [4.69, 9.17) is 0 Å². The molecule has 0 saturated heterocycles. The summed E-state index contributed by atoms with van der Waals surface area (Å²) in [4.78, 5) is 39.0. The molecule has 0 N–H and O–H groups in total. The zero-order chi connectivity index (χ0) is 10.7. The molecule has 0 unspecified atom stereocenters. The van der Waals surface area contributed by atoms with E-state index in [0.717, 1.165) is 4.90 Å². The number of hydrogen-bond donors (Lipinski definition) is 0. The minimum absolute atomic E-state index is 0. The summed E-state index contributed by atoms with van der Waals surface area (Å²) in [5, 5.41) is 0. The van der Waals surface area contributed by atoms with Crippen LogP contribution in [0.3, 0.4) is 0 Å². The fourth-order valence-corrected chi connectivity index (χ4v) is 0.166. The largest absolute Gasteiger partial charge is 0.639 e. The maximum atomic E-state index is 9.51. The van der Waals surface area contributed by atoms with Crippen LogP contribution >= 0.6 is 0 Å². The van der Waals surface area contributed by atoms with Gasteiger partial charge in [-0.1, -0.05) is 6.92 Å². The molecule has 1 radical (unpaired) electrons. The van der Waals surface area contributed by atoms with Crippen molar-refractivity contribution >= 4 is 25.6 Å². The number of amides is 4. The molecule has 0 aromatic carbocycles. The van der Waals surface area contributed by atoms with E-state index in [2.05, 4.69) is 0 Å². The SMILES string of the molecule is CCN([C-]=O)[C-]=O.CN([C-]=O)[C-]=O.[Ac]. The first kappa shape index (κ1) is 19.3. The van der Waals surface area contributed by atoms with Gasteiger partial charge in [-0.2, -0.15) is 25.6 Å². The smallest absolute Gasteiger partial charge is 0 e. The molecule has 0 saturated carbocycles. The summed E-state index contributed by atoms with van der Waals surface area (Å²) in [6.07, 6.45) is 5.27. The topological polar surface area (TPSA) is 74.8 Å². The van der Waals surface area contributed by atoms with E-state index in [-0.39, 0.29) is 44.1 Å². The number of hydrogen-bond acceptors (Lipinski definition) is 4. The van der Waals surface area contributed by atoms with Crippen molar-refractivity contribution in [3.05, 3.63) is 0 Å². The van der Waals surface area contributed by atoms with Crippen LogP contribution in [0.5, 0.6) is 0 Å². The average molecular weight is 411 g/mol. The van der Waals surface area contributed by atoms with E-state index < -0.39 is 0 Å². The minimum Gasteiger partial charge on any atom is -0.639 e. The molecule has 0 aliphatic heterocycles. The molecular weight excluding hydrogens is 403 g/mol. The van der Waals surface area contributed by atoms with Gasteiger partial charge in [-0.25, -0.2) is 0 Å². The van der Waals surface area contributed by atoms with Gasteiger partial charge in [0, 0.05) is 44.1 Å². The van der Waals surface area contributed by atoms with Crippen molar-refractivity contribution in [1.29, 1.82) is 0 Å². The Morgan fingerprint density at radius 3 is 1.29 bits per heavy atom. The molecule has 14 heavy (non-hydrogen) atoms. The predicted octanol–water partition coefficient (Wildman–Crippen LogP) is -1.50. The molecule has 0 aromatic rings. The van der Waals surface area contributed by atoms with Gasteiger partial charge in [0.1, 0.15) is 0 Å². The van der Waals surface area contributed by atoms with Crippen molar-refractivity contribution in [2.45, 2.75) is 6.92 Å². The van der Waals surface area contributed by atoms with E-state index in [1.54, 1.807) is 6.92 Å². The molecule has 0 rings (SSSR count). The Bertz CT molecular complexity index is 161. The first-order valence-electron chi connectivity index (χ1n) is 3.18. The van der Waals surface area contributed by atoms with Crippen molar-refractivity contribution in [2.75, 3.05) is 13.6 Å². The zero-order valence-corrected chi connectivity index (χ0v) is 12.6. The van der Waals surface area contributed by atoms with Crippen LogP contribution in [0.25, 0.3) is 0 Å². The third kappa shape index (κ3) is 14.3. The molecule has 0 aromatic heterocycles. The van der Waals surface area contributed by atoms with E-state index in [0.29, 0.717) is 11.4 Å². The summed E-state index contributed by atoms with van der Waals surface area (Å²) in [7, 11) is 1.26. The Kier molecular flexibility index (Phi) is 21.0. The van der Waals surface area contributed by atoms with Crippen LogP contribution in [0.2, 0.25) is 0 Å². The Hall–Kier alpha value is -0.278. The van der Waals surface area contributed by atoms with Gasteiger partial charge in [0.25, 0.3) is 0 Å². The van der Waals surface area contributed by atoms with Crippen molar-refractivity contribution in [1.82, 2.24) is 9.80 Å². The minimum atomic E-state index is 0. The van der Waals surface area contributed by atoms with E-state index in [1.807, 2.05) is 0 Å². The molecule has 4 amide bonds. The second-order valence-electron chi connectivity index (χ2n) is 1.67. The monoisotopic (exact) mass is 411 g/mol. The van der Waals surface area contributed by atoms with Gasteiger partial charge in [-0.15, -0.1) is 0 Å². The second kappa shape index (κ2) is 15.2. The van der Waals surface area contributed by atoms with Gasteiger partial charge < -0.3 is 29.0 Å². The van der Waals surface area contributed by atoms with Crippen LogP contribution in [0, 0.1) is 44.1 Å². The first-order chi connectivity index (χ1) is 6.15. The second-order valence-corrected chi connectivity index (χ2v) is 1.67. The van der Waals surface area contributed by atoms with E-state index in [9.17, 15) is 19.2 Å². The van der Waals surface area contributed by atoms with Gasteiger partial charge in [0.05, 0.1) is 0 Å². The molecule has 0 heterocycles. The maximum absolute atomic E-state index is 9.51. The number of imide groups is 2. The number of carbonyl (C=O) groups excluding carboxylic acids is 4. The fraction of sp³-hybridized carbons (Fsp3) is 0.429. The van der Waals surface area contributed by atoms with Gasteiger partial charge >= 0.3 is 0 Å². The molecule has 0 spiro atoms. The Labute approximate surface area is 118 Å². The third-order valence-corrected chi connectivity index (χ3v) is 0.810. The van der Waals surface area contributed by atoms with Crippen LogP contribution in [0.4, 0.5) is 0 Å². The Morgan fingerprint density at radius 2 is 1.29 bits per heavy atom. The number of rotatable bonds is 5. The molecule has 0 aliphatic rings. The fourth-order valence-electron chi connectivity index (χ4n) is 0.166. The number of nitrogens with zero attached hydrogens (tertiary/aromatic N) is 2. The zero-order valence-electron chi connectivity index (χ0n) is 7.81. The molecule has 77 valence electrons. The summed E-state index contributed by atoms with van der Waals surface area (Å²) in [6.45, 7) is 2.00. The van der Waals surface area contributed by atoms with Crippen molar-refractivity contribution in [3.8, 4) is 0 Å². The predicted molar refractivity (Wildman–Crippen MR) is 42.9 cm³/mol. The molecule has 0 atom stereocenters. The van der Waals surface area contributed by atoms with Crippen LogP contribution in [0.1, 0.15) is 6.92 Å². The summed E-state index contributed by atoms with van der Waals surface area (Å²) in [5.41, 5.74) is 0. The van der Waals surface area contributed by atoms with E-state index >= 15 is 0 Å². The first-order valence-corrected chi connectivity index (χ1v) is 3.18. The molecular formula is C7H8AcN2O4-4. The summed E-state index contributed by atoms with van der Waals surface area (Å²) in [5.74, 6) is 0. The van der Waals surface area contributed by atoms with Crippen LogP contribution in [-0.4, -0.2) is 49.0 Å². The summed E-state index contributed by atoms with van der Waals surface area (Å²) < 4.78 is 0. The van der Waals surface area contributed by atoms with Crippen LogP contribution < -0.4 is 0 Å². The van der Waals surface area contributed by atoms with Gasteiger partial charge in [-0.3, -0.25) is 0 Å². The van der Waals surface area contributed by atoms with E-state index in [1.165, 1.54) is 32.7 Å². The van der Waals surface area contributed by atoms with Gasteiger partial charge in [0.15, 0.2) is 0 Å². The molecule has 0 bridgehead atoms. The van der Waals surface area contributed by atoms with Gasteiger partial charge in [0.2, 0.25) is 0 Å². The Morgan fingerprint density at radius 1 is 0.929 bits per heavy atom. The molecule has 7 heteroatoms. The van der Waals surface area contributed by atoms with Crippen molar-refractivity contribution in [2.24, 2.45) is 0 Å². The molecule has 0 aliphatic carbocycles. The maximum Gasteiger partial charge on any atom is 0 e.